The van der Waals surface area contributed by atoms with Crippen molar-refractivity contribution in [2.75, 3.05) is 13.1 Å². The minimum atomic E-state index is 0.648. The summed E-state index contributed by atoms with van der Waals surface area (Å²) >= 11 is 0. The zero-order valence-electron chi connectivity index (χ0n) is 7.10. The van der Waals surface area contributed by atoms with Gasteiger partial charge in [-0.2, -0.15) is 0 Å². The van der Waals surface area contributed by atoms with E-state index >= 15 is 0 Å². The van der Waals surface area contributed by atoms with Crippen molar-refractivity contribution in [3.63, 3.8) is 0 Å². The Morgan fingerprint density at radius 2 is 1.45 bits per heavy atom. The maximum Gasteiger partial charge on any atom is 0.0601 e. The average molecular weight is 154 g/mol. The maximum absolute atomic E-state index is 3.52. The van der Waals surface area contributed by atoms with Gasteiger partial charge in [-0.25, -0.2) is 0 Å². The molecule has 64 valence electrons. The Morgan fingerprint density at radius 3 is 2.09 bits per heavy atom. The van der Waals surface area contributed by atoms with E-state index in [1.54, 1.807) is 0 Å². The standard InChI is InChI=1S/C9H18N2/c1-2-4-8(5-3-1)9-10-6-7-11-9/h8-11H,1-7H2. The van der Waals surface area contributed by atoms with Crippen molar-refractivity contribution in [2.24, 2.45) is 5.92 Å². The van der Waals surface area contributed by atoms with Crippen LogP contribution in [-0.4, -0.2) is 19.3 Å². The summed E-state index contributed by atoms with van der Waals surface area (Å²) in [7, 11) is 0. The van der Waals surface area contributed by atoms with Crippen molar-refractivity contribution in [1.29, 1.82) is 0 Å². The fourth-order valence-electron chi connectivity index (χ4n) is 2.33. The predicted octanol–water partition coefficient (Wildman–Crippen LogP) is 1.09. The minimum absolute atomic E-state index is 0.648. The average Bonchev–Trinajstić information content (AvgIpc) is 2.58. The first-order valence-corrected chi connectivity index (χ1v) is 4.93. The Kier molecular flexibility index (Phi) is 2.44. The van der Waals surface area contributed by atoms with Crippen LogP contribution in [0.5, 0.6) is 0 Å². The van der Waals surface area contributed by atoms with Gasteiger partial charge in [-0.1, -0.05) is 19.3 Å². The summed E-state index contributed by atoms with van der Waals surface area (Å²) in [5, 5.41) is 7.03. The minimum Gasteiger partial charge on any atom is -0.300 e. The van der Waals surface area contributed by atoms with E-state index in [-0.39, 0.29) is 0 Å². The molecule has 0 aromatic heterocycles. The van der Waals surface area contributed by atoms with Gasteiger partial charge in [0.25, 0.3) is 0 Å². The molecule has 0 atom stereocenters. The van der Waals surface area contributed by atoms with Crippen LogP contribution in [0.15, 0.2) is 0 Å². The molecule has 0 bridgehead atoms. The van der Waals surface area contributed by atoms with E-state index in [2.05, 4.69) is 10.6 Å². The van der Waals surface area contributed by atoms with Gasteiger partial charge in [-0.05, 0) is 18.8 Å². The molecule has 0 amide bonds. The first kappa shape index (κ1) is 7.56. The summed E-state index contributed by atoms with van der Waals surface area (Å²) in [5.41, 5.74) is 0. The Hall–Kier alpha value is -0.0800. The first-order valence-electron chi connectivity index (χ1n) is 4.93. The summed E-state index contributed by atoms with van der Waals surface area (Å²) in [6.45, 7) is 2.34. The van der Waals surface area contributed by atoms with Crippen LogP contribution >= 0.6 is 0 Å². The van der Waals surface area contributed by atoms with E-state index in [1.807, 2.05) is 0 Å². The highest BCUT2D eigenvalue weighted by Crippen LogP contribution is 2.26. The smallest absolute Gasteiger partial charge is 0.0601 e. The number of nitrogens with one attached hydrogen (secondary N) is 2. The molecule has 2 fully saturated rings. The first-order chi connectivity index (χ1) is 5.47. The van der Waals surface area contributed by atoms with E-state index in [0.29, 0.717) is 6.17 Å². The molecule has 1 saturated heterocycles. The third-order valence-electron chi connectivity index (χ3n) is 2.97. The summed E-state index contributed by atoms with van der Waals surface area (Å²) in [6, 6.07) is 0. The van der Waals surface area contributed by atoms with E-state index in [0.717, 1.165) is 5.92 Å². The van der Waals surface area contributed by atoms with Gasteiger partial charge in [-0.15, -0.1) is 0 Å². The highest BCUT2D eigenvalue weighted by molar-refractivity contribution is 4.81. The van der Waals surface area contributed by atoms with Crippen LogP contribution in [0, 0.1) is 5.92 Å². The molecule has 1 heterocycles. The lowest BCUT2D eigenvalue weighted by atomic mass is 9.87. The Morgan fingerprint density at radius 1 is 0.818 bits per heavy atom. The van der Waals surface area contributed by atoms with Crippen LogP contribution in [0.1, 0.15) is 32.1 Å². The van der Waals surface area contributed by atoms with E-state index in [1.165, 1.54) is 45.2 Å². The zero-order valence-corrected chi connectivity index (χ0v) is 7.10. The van der Waals surface area contributed by atoms with Crippen LogP contribution in [0.2, 0.25) is 0 Å². The molecule has 1 aliphatic heterocycles. The highest BCUT2D eigenvalue weighted by atomic mass is 15.2. The monoisotopic (exact) mass is 154 g/mol. The lowest BCUT2D eigenvalue weighted by Gasteiger charge is -2.27. The van der Waals surface area contributed by atoms with Crippen LogP contribution in [0.4, 0.5) is 0 Å². The number of rotatable bonds is 1. The molecule has 1 saturated carbocycles. The molecule has 0 spiro atoms. The molecule has 0 aromatic carbocycles. The fraction of sp³-hybridized carbons (Fsp3) is 1.00. The molecule has 11 heavy (non-hydrogen) atoms. The molecule has 1 aliphatic carbocycles. The molecule has 2 nitrogen and oxygen atoms in total. The molecule has 2 heteroatoms. The van der Waals surface area contributed by atoms with E-state index in [9.17, 15) is 0 Å². The molecule has 2 N–H and O–H groups in total. The lowest BCUT2D eigenvalue weighted by Crippen LogP contribution is -2.39. The molecule has 0 aromatic rings. The third-order valence-corrected chi connectivity index (χ3v) is 2.97. The highest BCUT2D eigenvalue weighted by Gasteiger charge is 2.24. The second kappa shape index (κ2) is 3.55. The van der Waals surface area contributed by atoms with Gasteiger partial charge in [0.2, 0.25) is 0 Å². The summed E-state index contributed by atoms with van der Waals surface area (Å²) in [4.78, 5) is 0. The lowest BCUT2D eigenvalue weighted by molar-refractivity contribution is 0.271. The van der Waals surface area contributed by atoms with Gasteiger partial charge in [0, 0.05) is 13.1 Å². The topological polar surface area (TPSA) is 24.1 Å². The Bertz CT molecular complexity index is 113. The molecular formula is C9H18N2. The van der Waals surface area contributed by atoms with Gasteiger partial charge in [-0.3, -0.25) is 0 Å². The van der Waals surface area contributed by atoms with E-state index < -0.39 is 0 Å². The van der Waals surface area contributed by atoms with Crippen LogP contribution in [-0.2, 0) is 0 Å². The van der Waals surface area contributed by atoms with Crippen molar-refractivity contribution >= 4 is 0 Å². The Balaban J connectivity index is 1.82. The number of hydrogen-bond acceptors (Lipinski definition) is 2. The van der Waals surface area contributed by atoms with Crippen molar-refractivity contribution in [3.05, 3.63) is 0 Å². The zero-order chi connectivity index (χ0) is 7.52. The van der Waals surface area contributed by atoms with Crippen molar-refractivity contribution in [3.8, 4) is 0 Å². The van der Waals surface area contributed by atoms with Crippen LogP contribution in [0.3, 0.4) is 0 Å². The van der Waals surface area contributed by atoms with Gasteiger partial charge in [0.1, 0.15) is 0 Å². The fourth-order valence-corrected chi connectivity index (χ4v) is 2.33. The summed E-state index contributed by atoms with van der Waals surface area (Å²) in [5.74, 6) is 0.922. The normalized spacial score (nSPS) is 29.5. The quantitative estimate of drug-likeness (QED) is 0.590. The molecular weight excluding hydrogens is 136 g/mol. The molecule has 2 aliphatic rings. The second-order valence-corrected chi connectivity index (χ2v) is 3.78. The van der Waals surface area contributed by atoms with Crippen molar-refractivity contribution in [1.82, 2.24) is 10.6 Å². The SMILES string of the molecule is C1CCC(C2NCCN2)CC1. The van der Waals surface area contributed by atoms with Gasteiger partial charge in [0.15, 0.2) is 0 Å². The van der Waals surface area contributed by atoms with Gasteiger partial charge < -0.3 is 10.6 Å². The third kappa shape index (κ3) is 1.74. The maximum atomic E-state index is 3.52. The largest absolute Gasteiger partial charge is 0.300 e. The summed E-state index contributed by atoms with van der Waals surface area (Å²) < 4.78 is 0. The summed E-state index contributed by atoms with van der Waals surface area (Å²) in [6.07, 6.45) is 7.88. The van der Waals surface area contributed by atoms with Crippen LogP contribution < -0.4 is 10.6 Å². The van der Waals surface area contributed by atoms with Crippen LogP contribution in [0.25, 0.3) is 0 Å². The molecule has 0 unspecified atom stereocenters. The van der Waals surface area contributed by atoms with Crippen molar-refractivity contribution in [2.45, 2.75) is 38.3 Å². The molecule has 0 radical (unpaired) electrons. The predicted molar refractivity (Wildman–Crippen MR) is 46.4 cm³/mol. The van der Waals surface area contributed by atoms with Gasteiger partial charge >= 0.3 is 0 Å². The second-order valence-electron chi connectivity index (χ2n) is 3.78. The van der Waals surface area contributed by atoms with E-state index in [4.69, 9.17) is 0 Å². The number of hydrogen-bond donors (Lipinski definition) is 2. The van der Waals surface area contributed by atoms with Gasteiger partial charge in [0.05, 0.1) is 6.17 Å². The van der Waals surface area contributed by atoms with Crippen molar-refractivity contribution < 1.29 is 0 Å². The molecule has 2 rings (SSSR count). The Labute approximate surface area is 68.7 Å².